The van der Waals surface area contributed by atoms with Crippen LogP contribution in [0.15, 0.2) is 28.7 Å². The predicted molar refractivity (Wildman–Crippen MR) is 109 cm³/mol. The third kappa shape index (κ3) is 4.87. The molecule has 2 nitrogen and oxygen atoms in total. The smallest absolute Gasteiger partial charge is 0.120 e. The van der Waals surface area contributed by atoms with Crippen LogP contribution in [0.3, 0.4) is 0 Å². The maximum Gasteiger partial charge on any atom is 0.120 e. The molecule has 1 spiro atoms. The van der Waals surface area contributed by atoms with E-state index >= 15 is 0 Å². The molecule has 140 valence electrons. The molecule has 1 heterocycles. The van der Waals surface area contributed by atoms with Gasteiger partial charge in [0.2, 0.25) is 0 Å². The first-order valence-electron chi connectivity index (χ1n) is 9.98. The Bertz CT molecular complexity index is 560. The summed E-state index contributed by atoms with van der Waals surface area (Å²) in [5.41, 5.74) is 1.46. The van der Waals surface area contributed by atoms with Gasteiger partial charge in [0.1, 0.15) is 5.72 Å². The number of halogens is 1. The highest BCUT2D eigenvalue weighted by atomic mass is 79.9. The van der Waals surface area contributed by atoms with Gasteiger partial charge >= 0.3 is 0 Å². The first-order chi connectivity index (χ1) is 11.8. The van der Waals surface area contributed by atoms with Crippen molar-refractivity contribution in [3.05, 3.63) is 34.3 Å². The van der Waals surface area contributed by atoms with Crippen molar-refractivity contribution in [2.24, 2.45) is 17.8 Å². The zero-order chi connectivity index (χ0) is 18.1. The second-order valence-corrected chi connectivity index (χ2v) is 10.2. The summed E-state index contributed by atoms with van der Waals surface area (Å²) in [5.74, 6) is 2.17. The molecule has 1 aliphatic carbocycles. The first kappa shape index (κ1) is 19.4. The number of benzene rings is 1. The Balaban J connectivity index is 1.72. The van der Waals surface area contributed by atoms with Gasteiger partial charge < -0.3 is 4.74 Å². The lowest BCUT2D eigenvalue weighted by Crippen LogP contribution is -2.55. The van der Waals surface area contributed by atoms with Crippen molar-refractivity contribution < 1.29 is 4.74 Å². The van der Waals surface area contributed by atoms with Gasteiger partial charge in [-0.2, -0.15) is 0 Å². The molecular formula is C22H34BrNO. The molecule has 2 unspecified atom stereocenters. The molecule has 25 heavy (non-hydrogen) atoms. The summed E-state index contributed by atoms with van der Waals surface area (Å²) in [4.78, 5) is 0. The van der Waals surface area contributed by atoms with E-state index in [0.717, 1.165) is 48.6 Å². The standard InChI is InChI=1S/C22H34BrNO/c1-16(2)12-21(10-9-19-5-7-20(23)8-6-19)15-25-22(24-21)13-17(3)11-18(4)14-22/h5-8,16-18,24H,9-15H2,1-4H3/t17-,18+,21?,22?. The van der Waals surface area contributed by atoms with Gasteiger partial charge in [-0.05, 0) is 74.0 Å². The van der Waals surface area contributed by atoms with Crippen molar-refractivity contribution in [1.82, 2.24) is 5.32 Å². The maximum absolute atomic E-state index is 6.53. The molecule has 1 aromatic rings. The summed E-state index contributed by atoms with van der Waals surface area (Å²) in [6.45, 7) is 10.3. The number of aryl methyl sites for hydroxylation is 1. The number of ether oxygens (including phenoxy) is 1. The van der Waals surface area contributed by atoms with E-state index in [9.17, 15) is 0 Å². The van der Waals surface area contributed by atoms with Crippen molar-refractivity contribution in [1.29, 1.82) is 0 Å². The molecule has 0 amide bonds. The summed E-state index contributed by atoms with van der Waals surface area (Å²) in [6.07, 6.45) is 7.11. The van der Waals surface area contributed by atoms with Crippen LogP contribution in [0.2, 0.25) is 0 Å². The van der Waals surface area contributed by atoms with Crippen LogP contribution in [0.1, 0.15) is 65.4 Å². The summed E-state index contributed by atoms with van der Waals surface area (Å²) < 4.78 is 7.68. The highest BCUT2D eigenvalue weighted by Crippen LogP contribution is 2.43. The second kappa shape index (κ2) is 7.70. The van der Waals surface area contributed by atoms with E-state index in [1.165, 1.54) is 18.4 Å². The molecule has 2 fully saturated rings. The van der Waals surface area contributed by atoms with E-state index in [2.05, 4.69) is 73.2 Å². The van der Waals surface area contributed by atoms with Crippen LogP contribution in [0, 0.1) is 17.8 Å². The minimum atomic E-state index is -0.0777. The molecule has 1 aromatic carbocycles. The first-order valence-corrected chi connectivity index (χ1v) is 10.8. The van der Waals surface area contributed by atoms with Crippen LogP contribution in [0.25, 0.3) is 0 Å². The molecule has 3 heteroatoms. The van der Waals surface area contributed by atoms with Crippen molar-refractivity contribution in [3.8, 4) is 0 Å². The van der Waals surface area contributed by atoms with Gasteiger partial charge in [0.15, 0.2) is 0 Å². The fraction of sp³-hybridized carbons (Fsp3) is 0.727. The molecule has 2 aliphatic rings. The Morgan fingerprint density at radius 2 is 1.80 bits per heavy atom. The topological polar surface area (TPSA) is 21.3 Å². The zero-order valence-corrected chi connectivity index (χ0v) is 17.9. The summed E-state index contributed by atoms with van der Waals surface area (Å²) in [7, 11) is 0. The van der Waals surface area contributed by atoms with Crippen molar-refractivity contribution in [2.45, 2.75) is 77.5 Å². The normalized spacial score (nSPS) is 35.6. The summed E-state index contributed by atoms with van der Waals surface area (Å²) >= 11 is 3.53. The van der Waals surface area contributed by atoms with E-state index in [1.54, 1.807) is 0 Å². The molecule has 1 saturated heterocycles. The average molecular weight is 408 g/mol. The van der Waals surface area contributed by atoms with Gasteiger partial charge in [-0.15, -0.1) is 0 Å². The Kier molecular flexibility index (Phi) is 5.97. The lowest BCUT2D eigenvalue weighted by molar-refractivity contribution is -0.0660. The van der Waals surface area contributed by atoms with Gasteiger partial charge in [-0.1, -0.05) is 55.8 Å². The molecule has 0 bridgehead atoms. The number of nitrogens with one attached hydrogen (secondary N) is 1. The Morgan fingerprint density at radius 3 is 2.40 bits per heavy atom. The summed E-state index contributed by atoms with van der Waals surface area (Å²) in [6, 6.07) is 8.77. The van der Waals surface area contributed by atoms with Gasteiger partial charge in [-0.25, -0.2) is 0 Å². The molecule has 1 aliphatic heterocycles. The largest absolute Gasteiger partial charge is 0.359 e. The van der Waals surface area contributed by atoms with Crippen LogP contribution in [0.4, 0.5) is 0 Å². The van der Waals surface area contributed by atoms with Crippen LogP contribution in [-0.2, 0) is 11.2 Å². The molecule has 3 rings (SSSR count). The summed E-state index contributed by atoms with van der Waals surface area (Å²) in [5, 5.41) is 4.06. The van der Waals surface area contributed by atoms with Gasteiger partial charge in [0, 0.05) is 10.0 Å². The minimum Gasteiger partial charge on any atom is -0.359 e. The number of hydrogen-bond acceptors (Lipinski definition) is 2. The lowest BCUT2D eigenvalue weighted by atomic mass is 9.77. The third-order valence-electron chi connectivity index (χ3n) is 5.88. The van der Waals surface area contributed by atoms with Crippen LogP contribution >= 0.6 is 15.9 Å². The Labute approximate surface area is 162 Å². The van der Waals surface area contributed by atoms with E-state index in [-0.39, 0.29) is 11.3 Å². The molecule has 4 atom stereocenters. The molecule has 0 aromatic heterocycles. The minimum absolute atomic E-state index is 0.0777. The lowest BCUT2D eigenvalue weighted by Gasteiger charge is -2.42. The molecule has 1 saturated carbocycles. The van der Waals surface area contributed by atoms with E-state index in [0.29, 0.717) is 5.92 Å². The number of rotatable bonds is 5. The highest BCUT2D eigenvalue weighted by Gasteiger charge is 2.50. The van der Waals surface area contributed by atoms with Gasteiger partial charge in [-0.3, -0.25) is 5.32 Å². The Hall–Kier alpha value is -0.380. The number of hydrogen-bond donors (Lipinski definition) is 1. The van der Waals surface area contributed by atoms with Crippen molar-refractivity contribution in [2.75, 3.05) is 6.61 Å². The fourth-order valence-corrected chi connectivity index (χ4v) is 5.54. The van der Waals surface area contributed by atoms with Crippen molar-refractivity contribution in [3.63, 3.8) is 0 Å². The van der Waals surface area contributed by atoms with Crippen LogP contribution in [-0.4, -0.2) is 17.9 Å². The highest BCUT2D eigenvalue weighted by molar-refractivity contribution is 9.10. The van der Waals surface area contributed by atoms with E-state index in [1.807, 2.05) is 0 Å². The Morgan fingerprint density at radius 1 is 1.16 bits per heavy atom. The fourth-order valence-electron chi connectivity index (χ4n) is 5.28. The van der Waals surface area contributed by atoms with Crippen molar-refractivity contribution >= 4 is 15.9 Å². The molecule has 1 N–H and O–H groups in total. The maximum atomic E-state index is 6.53. The molecule has 0 radical (unpaired) electrons. The van der Waals surface area contributed by atoms with Crippen LogP contribution in [0.5, 0.6) is 0 Å². The van der Waals surface area contributed by atoms with Gasteiger partial charge in [0.05, 0.1) is 6.61 Å². The predicted octanol–water partition coefficient (Wildman–Crippen LogP) is 5.94. The third-order valence-corrected chi connectivity index (χ3v) is 6.41. The van der Waals surface area contributed by atoms with Crippen LogP contribution < -0.4 is 5.32 Å². The zero-order valence-electron chi connectivity index (χ0n) is 16.3. The average Bonchev–Trinajstić information content (AvgIpc) is 2.83. The van der Waals surface area contributed by atoms with Gasteiger partial charge in [0.25, 0.3) is 0 Å². The SMILES string of the molecule is CC(C)CC1(CCc2ccc(Br)cc2)COC2(C[C@H](C)C[C@H](C)C2)N1. The quantitative estimate of drug-likeness (QED) is 0.651. The second-order valence-electron chi connectivity index (χ2n) is 9.27. The van der Waals surface area contributed by atoms with E-state index in [4.69, 9.17) is 4.74 Å². The monoisotopic (exact) mass is 407 g/mol. The van der Waals surface area contributed by atoms with E-state index < -0.39 is 0 Å². The molecular weight excluding hydrogens is 374 g/mol.